The summed E-state index contributed by atoms with van der Waals surface area (Å²) < 4.78 is 14.9. The van der Waals surface area contributed by atoms with Gasteiger partial charge >= 0.3 is 0 Å². The van der Waals surface area contributed by atoms with Gasteiger partial charge in [0.05, 0.1) is 12.7 Å². The van der Waals surface area contributed by atoms with E-state index in [1.165, 1.54) is 17.7 Å². The molecule has 0 aliphatic carbocycles. The first-order valence-corrected chi connectivity index (χ1v) is 8.95. The molecule has 6 heteroatoms. The predicted molar refractivity (Wildman–Crippen MR) is 109 cm³/mol. The molecule has 2 N–H and O–H groups in total. The molecule has 1 heterocycles. The number of benzene rings is 2. The third kappa shape index (κ3) is 6.79. The third-order valence-electron chi connectivity index (χ3n) is 4.36. The fourth-order valence-corrected chi connectivity index (χ4v) is 2.99. The van der Waals surface area contributed by atoms with Crippen LogP contribution in [0.2, 0.25) is 0 Å². The maximum absolute atomic E-state index is 13.0. The summed E-state index contributed by atoms with van der Waals surface area (Å²) in [6.45, 7) is 3.92. The molecule has 0 fully saturated rings. The third-order valence-corrected chi connectivity index (χ3v) is 4.36. The highest BCUT2D eigenvalue weighted by atomic mass is 35.5. The highest BCUT2D eigenvalue weighted by molar-refractivity contribution is 5.85. The van der Waals surface area contributed by atoms with Crippen molar-refractivity contribution in [2.75, 3.05) is 19.6 Å². The van der Waals surface area contributed by atoms with E-state index in [9.17, 15) is 4.39 Å². The minimum Gasteiger partial charge on any atom is -0.329 e. The summed E-state index contributed by atoms with van der Waals surface area (Å²) in [5.74, 6) is -0.217. The number of halogens is 2. The van der Waals surface area contributed by atoms with Crippen molar-refractivity contribution >= 4 is 12.4 Å². The van der Waals surface area contributed by atoms with Crippen molar-refractivity contribution in [3.63, 3.8) is 0 Å². The van der Waals surface area contributed by atoms with E-state index >= 15 is 0 Å². The lowest BCUT2D eigenvalue weighted by atomic mass is 10.1. The summed E-state index contributed by atoms with van der Waals surface area (Å²) in [6, 6.07) is 17.0. The Hall–Kier alpha value is -2.21. The van der Waals surface area contributed by atoms with Gasteiger partial charge in [0, 0.05) is 37.9 Å². The second-order valence-corrected chi connectivity index (χ2v) is 6.47. The molecule has 0 aliphatic heterocycles. The Bertz CT molecular complexity index is 789. The van der Waals surface area contributed by atoms with Crippen molar-refractivity contribution < 1.29 is 4.39 Å². The molecule has 1 aromatic heterocycles. The molecular weight excluding hydrogens is 363 g/mol. The minimum absolute atomic E-state index is 0. The molecule has 3 rings (SSSR count). The Balaban J connectivity index is 0.00000261. The molecule has 144 valence electrons. The average Bonchev–Trinajstić information content (AvgIpc) is 3.09. The Morgan fingerprint density at radius 1 is 0.926 bits per heavy atom. The zero-order valence-electron chi connectivity index (χ0n) is 15.3. The average molecular weight is 389 g/mol. The summed E-state index contributed by atoms with van der Waals surface area (Å²) in [6.07, 6.45) is 4.95. The van der Waals surface area contributed by atoms with Gasteiger partial charge in [0.15, 0.2) is 0 Å². The number of nitrogens with zero attached hydrogens (tertiary/aromatic N) is 3. The second kappa shape index (κ2) is 10.8. The molecule has 0 unspecified atom stereocenters. The van der Waals surface area contributed by atoms with Gasteiger partial charge < -0.3 is 5.73 Å². The van der Waals surface area contributed by atoms with Crippen LogP contribution in [0.4, 0.5) is 4.39 Å². The molecule has 0 radical (unpaired) electrons. The van der Waals surface area contributed by atoms with E-state index in [1.54, 1.807) is 12.1 Å². The van der Waals surface area contributed by atoms with Crippen LogP contribution in [0.1, 0.15) is 16.7 Å². The number of hydrogen-bond acceptors (Lipinski definition) is 3. The highest BCUT2D eigenvalue weighted by Crippen LogP contribution is 2.09. The molecule has 4 nitrogen and oxygen atoms in total. The van der Waals surface area contributed by atoms with Crippen molar-refractivity contribution in [3.8, 4) is 0 Å². The molecule has 3 aromatic rings. The molecular formula is C21H26ClFN4. The van der Waals surface area contributed by atoms with Gasteiger partial charge in [-0.3, -0.25) is 9.58 Å². The molecule has 2 aromatic carbocycles. The zero-order valence-corrected chi connectivity index (χ0v) is 16.1. The van der Waals surface area contributed by atoms with Crippen LogP contribution in [-0.4, -0.2) is 34.3 Å². The Kier molecular flexibility index (Phi) is 8.45. The quantitative estimate of drug-likeness (QED) is 0.610. The zero-order chi connectivity index (χ0) is 18.2. The molecule has 27 heavy (non-hydrogen) atoms. The van der Waals surface area contributed by atoms with Gasteiger partial charge in [-0.25, -0.2) is 4.39 Å². The molecule has 0 saturated carbocycles. The number of aromatic nitrogens is 2. The Morgan fingerprint density at radius 2 is 1.67 bits per heavy atom. The van der Waals surface area contributed by atoms with Gasteiger partial charge in [-0.2, -0.15) is 5.10 Å². The van der Waals surface area contributed by atoms with E-state index in [1.807, 2.05) is 16.9 Å². The Morgan fingerprint density at radius 3 is 2.37 bits per heavy atom. The van der Waals surface area contributed by atoms with Crippen LogP contribution >= 0.6 is 12.4 Å². The van der Waals surface area contributed by atoms with Crippen LogP contribution in [0, 0.1) is 5.82 Å². The second-order valence-electron chi connectivity index (χ2n) is 6.47. The number of rotatable bonds is 9. The van der Waals surface area contributed by atoms with Crippen molar-refractivity contribution in [2.24, 2.45) is 5.73 Å². The number of hydrogen-bond donors (Lipinski definition) is 1. The predicted octanol–water partition coefficient (Wildman–Crippen LogP) is 3.50. The first kappa shape index (κ1) is 21.1. The van der Waals surface area contributed by atoms with E-state index < -0.39 is 0 Å². The van der Waals surface area contributed by atoms with E-state index in [-0.39, 0.29) is 18.2 Å². The van der Waals surface area contributed by atoms with E-state index in [4.69, 9.17) is 5.73 Å². The normalized spacial score (nSPS) is 10.8. The topological polar surface area (TPSA) is 47.1 Å². The molecule has 0 amide bonds. The van der Waals surface area contributed by atoms with Crippen LogP contribution < -0.4 is 5.73 Å². The SMILES string of the molecule is Cl.NCCN(CCc1ccccc1)Cc1cnn(Cc2ccc(F)cc2)c1. The first-order valence-electron chi connectivity index (χ1n) is 8.95. The summed E-state index contributed by atoms with van der Waals surface area (Å²) in [7, 11) is 0. The van der Waals surface area contributed by atoms with Crippen molar-refractivity contribution in [3.05, 3.63) is 89.5 Å². The van der Waals surface area contributed by atoms with E-state index in [2.05, 4.69) is 40.5 Å². The maximum atomic E-state index is 13.0. The van der Waals surface area contributed by atoms with Crippen LogP contribution in [0.25, 0.3) is 0 Å². The summed E-state index contributed by atoms with van der Waals surface area (Å²) in [5.41, 5.74) is 9.31. The lowest BCUT2D eigenvalue weighted by molar-refractivity contribution is 0.276. The lowest BCUT2D eigenvalue weighted by Crippen LogP contribution is -2.30. The van der Waals surface area contributed by atoms with Crippen molar-refractivity contribution in [2.45, 2.75) is 19.5 Å². The lowest BCUT2D eigenvalue weighted by Gasteiger charge is -2.20. The molecule has 0 bridgehead atoms. The monoisotopic (exact) mass is 388 g/mol. The van der Waals surface area contributed by atoms with Gasteiger partial charge in [0.25, 0.3) is 0 Å². The Labute approximate surface area is 166 Å². The van der Waals surface area contributed by atoms with Crippen LogP contribution in [0.5, 0.6) is 0 Å². The smallest absolute Gasteiger partial charge is 0.123 e. The number of nitrogens with two attached hydrogens (primary N) is 1. The van der Waals surface area contributed by atoms with Gasteiger partial charge in [-0.15, -0.1) is 12.4 Å². The van der Waals surface area contributed by atoms with Gasteiger partial charge in [0.2, 0.25) is 0 Å². The fraction of sp³-hybridized carbons (Fsp3) is 0.286. The van der Waals surface area contributed by atoms with Crippen LogP contribution in [-0.2, 0) is 19.5 Å². The van der Waals surface area contributed by atoms with Gasteiger partial charge in [0.1, 0.15) is 5.82 Å². The van der Waals surface area contributed by atoms with Crippen LogP contribution in [0.3, 0.4) is 0 Å². The summed E-state index contributed by atoms with van der Waals surface area (Å²) in [5, 5.41) is 4.43. The largest absolute Gasteiger partial charge is 0.329 e. The maximum Gasteiger partial charge on any atom is 0.123 e. The summed E-state index contributed by atoms with van der Waals surface area (Å²) >= 11 is 0. The van der Waals surface area contributed by atoms with Crippen molar-refractivity contribution in [1.82, 2.24) is 14.7 Å². The molecule has 0 aliphatic rings. The van der Waals surface area contributed by atoms with Gasteiger partial charge in [-0.1, -0.05) is 42.5 Å². The molecule has 0 spiro atoms. The summed E-state index contributed by atoms with van der Waals surface area (Å²) in [4.78, 5) is 2.35. The van der Waals surface area contributed by atoms with Crippen LogP contribution in [0.15, 0.2) is 67.0 Å². The van der Waals surface area contributed by atoms with E-state index in [0.717, 1.165) is 37.2 Å². The highest BCUT2D eigenvalue weighted by Gasteiger charge is 2.08. The molecule has 0 saturated heterocycles. The van der Waals surface area contributed by atoms with Crippen molar-refractivity contribution in [1.29, 1.82) is 0 Å². The minimum atomic E-state index is -0.217. The first-order chi connectivity index (χ1) is 12.7. The van der Waals surface area contributed by atoms with Gasteiger partial charge in [-0.05, 0) is 29.7 Å². The fourth-order valence-electron chi connectivity index (χ4n) is 2.99. The standard InChI is InChI=1S/C21H25FN4.ClH/c22-21-8-6-19(7-9-21)16-26-17-20(14-24-26)15-25(13-11-23)12-10-18-4-2-1-3-5-18;/h1-9,14,17H,10-13,15-16,23H2;1H. The molecule has 0 atom stereocenters. The van der Waals surface area contributed by atoms with E-state index in [0.29, 0.717) is 13.1 Å².